The summed E-state index contributed by atoms with van der Waals surface area (Å²) in [5, 5.41) is 12.9. The highest BCUT2D eigenvalue weighted by atomic mass is 79.9. The summed E-state index contributed by atoms with van der Waals surface area (Å²) >= 11 is 3.49. The maximum atomic E-state index is 11.3. The molecule has 4 N–H and O–H groups in total. The fraction of sp³-hybridized carbons (Fsp3) is 0.133. The standard InChI is InChI=1S/C15H14BrN3O2/c1-8(9-3-2-4-10(20)5-9)17-12-7-14-13(6-11(12)16)18-15(21)19-14/h2-8,17,20H,1H3,(H2,18,19,21). The Hall–Kier alpha value is -2.21. The van der Waals surface area contributed by atoms with E-state index in [0.717, 1.165) is 26.8 Å². The molecule has 0 saturated heterocycles. The fourth-order valence-electron chi connectivity index (χ4n) is 2.28. The Bertz CT molecular complexity index is 853. The smallest absolute Gasteiger partial charge is 0.323 e. The van der Waals surface area contributed by atoms with Crippen molar-refractivity contribution >= 4 is 32.7 Å². The molecule has 0 aliphatic carbocycles. The zero-order valence-electron chi connectivity index (χ0n) is 11.3. The maximum absolute atomic E-state index is 11.3. The van der Waals surface area contributed by atoms with Crippen LogP contribution in [-0.4, -0.2) is 15.1 Å². The summed E-state index contributed by atoms with van der Waals surface area (Å²) in [6.07, 6.45) is 0. The second kappa shape index (κ2) is 5.29. The van der Waals surface area contributed by atoms with Crippen molar-refractivity contribution < 1.29 is 5.11 Å². The molecule has 1 atom stereocenters. The summed E-state index contributed by atoms with van der Waals surface area (Å²) in [4.78, 5) is 16.8. The van der Waals surface area contributed by atoms with Gasteiger partial charge in [-0.15, -0.1) is 0 Å². The van der Waals surface area contributed by atoms with E-state index in [2.05, 4.69) is 31.2 Å². The number of imidazole rings is 1. The Morgan fingerprint density at radius 3 is 2.62 bits per heavy atom. The van der Waals surface area contributed by atoms with Crippen LogP contribution in [0.3, 0.4) is 0 Å². The molecule has 0 fully saturated rings. The van der Waals surface area contributed by atoms with Crippen LogP contribution in [0.25, 0.3) is 11.0 Å². The van der Waals surface area contributed by atoms with Gasteiger partial charge in [0.25, 0.3) is 0 Å². The predicted octanol–water partition coefficient (Wildman–Crippen LogP) is 3.50. The summed E-state index contributed by atoms with van der Waals surface area (Å²) in [6, 6.07) is 10.9. The van der Waals surface area contributed by atoms with Crippen LogP contribution in [0, 0.1) is 0 Å². The van der Waals surface area contributed by atoms with Crippen LogP contribution < -0.4 is 11.0 Å². The van der Waals surface area contributed by atoms with Gasteiger partial charge in [-0.2, -0.15) is 0 Å². The first kappa shape index (κ1) is 13.8. The van der Waals surface area contributed by atoms with Gasteiger partial charge in [0.1, 0.15) is 5.75 Å². The summed E-state index contributed by atoms with van der Waals surface area (Å²) < 4.78 is 0.859. The molecule has 1 unspecified atom stereocenters. The summed E-state index contributed by atoms with van der Waals surface area (Å²) in [5.74, 6) is 0.241. The number of hydrogen-bond donors (Lipinski definition) is 4. The van der Waals surface area contributed by atoms with Gasteiger partial charge in [0.05, 0.1) is 16.7 Å². The normalized spacial score (nSPS) is 12.5. The molecule has 0 aliphatic heterocycles. The molecule has 5 nitrogen and oxygen atoms in total. The number of phenolic OH excluding ortho intramolecular Hbond substituents is 1. The second-order valence-electron chi connectivity index (χ2n) is 4.92. The molecule has 21 heavy (non-hydrogen) atoms. The van der Waals surface area contributed by atoms with Gasteiger partial charge in [-0.3, -0.25) is 0 Å². The third-order valence-corrected chi connectivity index (χ3v) is 4.00. The molecule has 3 aromatic rings. The molecular formula is C15H14BrN3O2. The van der Waals surface area contributed by atoms with Crippen molar-refractivity contribution in [3.8, 4) is 5.75 Å². The van der Waals surface area contributed by atoms with Gasteiger partial charge in [-0.1, -0.05) is 12.1 Å². The van der Waals surface area contributed by atoms with Crippen molar-refractivity contribution in [2.45, 2.75) is 13.0 Å². The molecule has 2 aromatic carbocycles. The number of aromatic amines is 2. The number of hydrogen-bond acceptors (Lipinski definition) is 3. The first-order valence-corrected chi connectivity index (χ1v) is 7.29. The van der Waals surface area contributed by atoms with E-state index in [1.165, 1.54) is 0 Å². The van der Waals surface area contributed by atoms with E-state index in [4.69, 9.17) is 0 Å². The quantitative estimate of drug-likeness (QED) is 0.585. The third kappa shape index (κ3) is 2.80. The molecule has 0 spiro atoms. The number of aromatic hydroxyl groups is 1. The average Bonchev–Trinajstić information content (AvgIpc) is 2.78. The van der Waals surface area contributed by atoms with Gasteiger partial charge in [-0.25, -0.2) is 4.79 Å². The molecule has 6 heteroatoms. The lowest BCUT2D eigenvalue weighted by Gasteiger charge is -2.17. The molecule has 0 radical (unpaired) electrons. The fourth-order valence-corrected chi connectivity index (χ4v) is 2.74. The minimum absolute atomic E-state index is 0.0107. The van der Waals surface area contributed by atoms with E-state index >= 15 is 0 Å². The average molecular weight is 348 g/mol. The Morgan fingerprint density at radius 1 is 1.19 bits per heavy atom. The van der Waals surface area contributed by atoms with Crippen LogP contribution in [-0.2, 0) is 0 Å². The van der Waals surface area contributed by atoms with Gasteiger partial charge in [-0.05, 0) is 52.7 Å². The zero-order valence-corrected chi connectivity index (χ0v) is 12.9. The van der Waals surface area contributed by atoms with Crippen LogP contribution >= 0.6 is 15.9 Å². The van der Waals surface area contributed by atoms with Crippen LogP contribution in [0.5, 0.6) is 5.75 Å². The second-order valence-corrected chi connectivity index (χ2v) is 5.77. The highest BCUT2D eigenvalue weighted by Crippen LogP contribution is 2.30. The van der Waals surface area contributed by atoms with Gasteiger partial charge < -0.3 is 20.4 Å². The van der Waals surface area contributed by atoms with Gasteiger partial charge in [0.2, 0.25) is 0 Å². The lowest BCUT2D eigenvalue weighted by molar-refractivity contribution is 0.474. The number of anilines is 1. The lowest BCUT2D eigenvalue weighted by atomic mass is 10.1. The number of benzene rings is 2. The highest BCUT2D eigenvalue weighted by molar-refractivity contribution is 9.10. The minimum atomic E-state index is -0.227. The Morgan fingerprint density at radius 2 is 1.90 bits per heavy atom. The van der Waals surface area contributed by atoms with Crippen molar-refractivity contribution in [3.63, 3.8) is 0 Å². The van der Waals surface area contributed by atoms with Crippen molar-refractivity contribution in [3.05, 3.63) is 56.9 Å². The summed E-state index contributed by atoms with van der Waals surface area (Å²) in [6.45, 7) is 2.01. The molecule has 3 rings (SSSR count). The number of phenols is 1. The van der Waals surface area contributed by atoms with Crippen LogP contribution in [0.15, 0.2) is 45.7 Å². The van der Waals surface area contributed by atoms with Crippen molar-refractivity contribution in [1.82, 2.24) is 9.97 Å². The van der Waals surface area contributed by atoms with Gasteiger partial charge in [0.15, 0.2) is 0 Å². The van der Waals surface area contributed by atoms with E-state index in [9.17, 15) is 9.90 Å². The lowest BCUT2D eigenvalue weighted by Crippen LogP contribution is -2.07. The molecule has 0 saturated carbocycles. The largest absolute Gasteiger partial charge is 0.508 e. The Kier molecular flexibility index (Phi) is 3.47. The number of rotatable bonds is 3. The Balaban J connectivity index is 1.93. The van der Waals surface area contributed by atoms with E-state index in [1.54, 1.807) is 12.1 Å². The monoisotopic (exact) mass is 347 g/mol. The molecular weight excluding hydrogens is 334 g/mol. The molecule has 0 aliphatic rings. The SMILES string of the molecule is CC(Nc1cc2[nH]c(=O)[nH]c2cc1Br)c1cccc(O)c1. The van der Waals surface area contributed by atoms with Gasteiger partial charge >= 0.3 is 5.69 Å². The predicted molar refractivity (Wildman–Crippen MR) is 86.8 cm³/mol. The summed E-state index contributed by atoms with van der Waals surface area (Å²) in [5.41, 5.74) is 3.12. The number of aromatic nitrogens is 2. The van der Waals surface area contributed by atoms with Crippen LogP contribution in [0.4, 0.5) is 5.69 Å². The number of nitrogens with one attached hydrogen (secondary N) is 3. The van der Waals surface area contributed by atoms with Crippen LogP contribution in [0.1, 0.15) is 18.5 Å². The molecule has 0 amide bonds. The number of fused-ring (bicyclic) bond motifs is 1. The maximum Gasteiger partial charge on any atom is 0.323 e. The minimum Gasteiger partial charge on any atom is -0.508 e. The highest BCUT2D eigenvalue weighted by Gasteiger charge is 2.10. The van der Waals surface area contributed by atoms with Crippen molar-refractivity contribution in [2.24, 2.45) is 0 Å². The third-order valence-electron chi connectivity index (χ3n) is 3.35. The molecule has 1 aromatic heterocycles. The van der Waals surface area contributed by atoms with Crippen molar-refractivity contribution in [2.75, 3.05) is 5.32 Å². The number of halogens is 1. The molecule has 108 valence electrons. The number of H-pyrrole nitrogens is 2. The van der Waals surface area contributed by atoms with Crippen LogP contribution in [0.2, 0.25) is 0 Å². The molecule has 0 bridgehead atoms. The van der Waals surface area contributed by atoms with E-state index in [-0.39, 0.29) is 17.5 Å². The summed E-state index contributed by atoms with van der Waals surface area (Å²) in [7, 11) is 0. The first-order valence-electron chi connectivity index (χ1n) is 6.50. The van der Waals surface area contributed by atoms with E-state index < -0.39 is 0 Å². The zero-order chi connectivity index (χ0) is 15.0. The van der Waals surface area contributed by atoms with Gasteiger partial charge in [0, 0.05) is 10.5 Å². The molecule has 1 heterocycles. The van der Waals surface area contributed by atoms with E-state index in [0.29, 0.717) is 0 Å². The Labute approximate surface area is 129 Å². The topological polar surface area (TPSA) is 80.9 Å². The first-order chi connectivity index (χ1) is 10.0. The van der Waals surface area contributed by atoms with Crippen molar-refractivity contribution in [1.29, 1.82) is 0 Å². The van der Waals surface area contributed by atoms with E-state index in [1.807, 2.05) is 31.2 Å².